The van der Waals surface area contributed by atoms with Gasteiger partial charge in [-0.15, -0.1) is 36.2 Å². The highest BCUT2D eigenvalue weighted by Crippen LogP contribution is 2.15. The van der Waals surface area contributed by atoms with Gasteiger partial charge in [-0.1, -0.05) is 12.1 Å². The van der Waals surface area contributed by atoms with Crippen LogP contribution >= 0.6 is 36.2 Å². The van der Waals surface area contributed by atoms with Crippen molar-refractivity contribution in [1.82, 2.24) is 15.6 Å². The third-order valence-electron chi connectivity index (χ3n) is 3.45. The van der Waals surface area contributed by atoms with Crippen LogP contribution in [0.4, 0.5) is 4.39 Å². The Labute approximate surface area is 150 Å². The highest BCUT2D eigenvalue weighted by atomic mass is 35.5. The molecule has 0 bridgehead atoms. The highest BCUT2D eigenvalue weighted by Gasteiger charge is 2.19. The summed E-state index contributed by atoms with van der Waals surface area (Å²) in [5.74, 6) is -0.367. The van der Waals surface area contributed by atoms with Gasteiger partial charge in [-0.25, -0.2) is 9.37 Å². The van der Waals surface area contributed by atoms with E-state index in [-0.39, 0.29) is 42.6 Å². The van der Waals surface area contributed by atoms with Gasteiger partial charge in [-0.05, 0) is 30.7 Å². The van der Waals surface area contributed by atoms with Crippen LogP contribution in [0.2, 0.25) is 0 Å². The standard InChI is InChI=1S/C15H16FN3OS.2ClH/c16-11-3-1-10(2-4-11)7-14-19-13(9-21-14)15(20)18-12-5-6-17-8-12;;/h1-4,9,12,17H,5-8H2,(H,18,20);2*1H. The average molecular weight is 378 g/mol. The molecule has 2 heterocycles. The Bertz CT molecular complexity index is 630. The van der Waals surface area contributed by atoms with Gasteiger partial charge in [0.15, 0.2) is 0 Å². The van der Waals surface area contributed by atoms with Gasteiger partial charge in [0.1, 0.15) is 11.5 Å². The number of hydrogen-bond donors (Lipinski definition) is 2. The van der Waals surface area contributed by atoms with Crippen molar-refractivity contribution in [3.8, 4) is 0 Å². The van der Waals surface area contributed by atoms with Crippen LogP contribution in [0.25, 0.3) is 0 Å². The Morgan fingerprint density at radius 3 is 2.74 bits per heavy atom. The average Bonchev–Trinajstić information content (AvgIpc) is 3.13. The zero-order valence-corrected chi connectivity index (χ0v) is 14.7. The second-order valence-corrected chi connectivity index (χ2v) is 6.04. The lowest BCUT2D eigenvalue weighted by Gasteiger charge is -2.09. The van der Waals surface area contributed by atoms with Crippen molar-refractivity contribution in [2.45, 2.75) is 18.9 Å². The van der Waals surface area contributed by atoms with E-state index in [2.05, 4.69) is 15.6 Å². The summed E-state index contributed by atoms with van der Waals surface area (Å²) in [6.45, 7) is 1.76. The number of thiazole rings is 1. The fourth-order valence-corrected chi connectivity index (χ4v) is 3.12. The predicted molar refractivity (Wildman–Crippen MR) is 94.6 cm³/mol. The summed E-state index contributed by atoms with van der Waals surface area (Å²) in [4.78, 5) is 16.4. The molecule has 23 heavy (non-hydrogen) atoms. The van der Waals surface area contributed by atoms with E-state index >= 15 is 0 Å². The van der Waals surface area contributed by atoms with Gasteiger partial charge >= 0.3 is 0 Å². The number of benzene rings is 1. The Morgan fingerprint density at radius 2 is 2.09 bits per heavy atom. The second-order valence-electron chi connectivity index (χ2n) is 5.09. The first kappa shape index (κ1) is 19.8. The molecule has 0 radical (unpaired) electrons. The second kappa shape index (κ2) is 9.17. The predicted octanol–water partition coefficient (Wildman–Crippen LogP) is 2.81. The van der Waals surface area contributed by atoms with Gasteiger partial charge in [-0.2, -0.15) is 0 Å². The quantitative estimate of drug-likeness (QED) is 0.861. The normalized spacial score (nSPS) is 16.3. The molecule has 1 amide bonds. The molecular formula is C15H18Cl2FN3OS. The molecule has 0 aliphatic carbocycles. The van der Waals surface area contributed by atoms with Crippen LogP contribution in [-0.4, -0.2) is 30.0 Å². The topological polar surface area (TPSA) is 54.0 Å². The van der Waals surface area contributed by atoms with Crippen LogP contribution in [0.1, 0.15) is 27.5 Å². The number of nitrogens with one attached hydrogen (secondary N) is 2. The summed E-state index contributed by atoms with van der Waals surface area (Å²) in [6, 6.07) is 6.54. The lowest BCUT2D eigenvalue weighted by molar-refractivity contribution is 0.0935. The van der Waals surface area contributed by atoms with Crippen molar-refractivity contribution in [1.29, 1.82) is 0 Å². The molecule has 2 aromatic rings. The molecule has 8 heteroatoms. The summed E-state index contributed by atoms with van der Waals surface area (Å²) in [6.07, 6.45) is 1.57. The van der Waals surface area contributed by atoms with Crippen molar-refractivity contribution in [3.05, 3.63) is 51.7 Å². The number of rotatable bonds is 4. The van der Waals surface area contributed by atoms with E-state index in [1.165, 1.54) is 23.5 Å². The Balaban J connectivity index is 0.00000132. The summed E-state index contributed by atoms with van der Waals surface area (Å²) < 4.78 is 12.9. The number of amides is 1. The molecule has 1 unspecified atom stereocenters. The van der Waals surface area contributed by atoms with Crippen molar-refractivity contribution in [3.63, 3.8) is 0 Å². The molecule has 1 aromatic carbocycles. The maximum Gasteiger partial charge on any atom is 0.271 e. The number of hydrogen-bond acceptors (Lipinski definition) is 4. The Kier molecular flexibility index (Phi) is 7.91. The Morgan fingerprint density at radius 1 is 1.35 bits per heavy atom. The number of aromatic nitrogens is 1. The van der Waals surface area contributed by atoms with E-state index in [9.17, 15) is 9.18 Å². The van der Waals surface area contributed by atoms with Crippen LogP contribution in [0.3, 0.4) is 0 Å². The molecule has 1 saturated heterocycles. The smallest absolute Gasteiger partial charge is 0.271 e. The molecule has 3 rings (SSSR count). The monoisotopic (exact) mass is 377 g/mol. The molecule has 0 saturated carbocycles. The van der Waals surface area contributed by atoms with E-state index < -0.39 is 0 Å². The Hall–Kier alpha value is -1.21. The summed E-state index contributed by atoms with van der Waals surface area (Å²) in [7, 11) is 0. The van der Waals surface area contributed by atoms with E-state index in [1.807, 2.05) is 0 Å². The third-order valence-corrected chi connectivity index (χ3v) is 4.30. The minimum absolute atomic E-state index is 0. The molecule has 126 valence electrons. The molecule has 2 N–H and O–H groups in total. The molecule has 1 aliphatic rings. The zero-order valence-electron chi connectivity index (χ0n) is 12.3. The lowest BCUT2D eigenvalue weighted by atomic mass is 10.1. The third kappa shape index (κ3) is 5.42. The van der Waals surface area contributed by atoms with Crippen LogP contribution in [0.5, 0.6) is 0 Å². The van der Waals surface area contributed by atoms with Crippen LogP contribution < -0.4 is 10.6 Å². The molecule has 1 atom stereocenters. The summed E-state index contributed by atoms with van der Waals surface area (Å²) in [5, 5.41) is 8.81. The van der Waals surface area contributed by atoms with Crippen molar-refractivity contribution in [2.75, 3.05) is 13.1 Å². The molecule has 1 aliphatic heterocycles. The van der Waals surface area contributed by atoms with Gasteiger partial charge in [0.2, 0.25) is 0 Å². The number of halogens is 3. The molecular weight excluding hydrogens is 360 g/mol. The van der Waals surface area contributed by atoms with Crippen LogP contribution in [-0.2, 0) is 6.42 Å². The lowest BCUT2D eigenvalue weighted by Crippen LogP contribution is -2.36. The first-order valence-corrected chi connectivity index (χ1v) is 7.79. The van der Waals surface area contributed by atoms with Gasteiger partial charge < -0.3 is 10.6 Å². The molecule has 0 spiro atoms. The number of nitrogens with zero attached hydrogens (tertiary/aromatic N) is 1. The first-order chi connectivity index (χ1) is 10.2. The number of carbonyl (C=O) groups excluding carboxylic acids is 1. The maximum absolute atomic E-state index is 12.9. The van der Waals surface area contributed by atoms with E-state index in [0.717, 1.165) is 30.1 Å². The first-order valence-electron chi connectivity index (χ1n) is 6.91. The van der Waals surface area contributed by atoms with Crippen LogP contribution in [0, 0.1) is 5.82 Å². The molecule has 1 fully saturated rings. The van der Waals surface area contributed by atoms with E-state index in [1.54, 1.807) is 17.5 Å². The van der Waals surface area contributed by atoms with Crippen molar-refractivity contribution < 1.29 is 9.18 Å². The fourth-order valence-electron chi connectivity index (χ4n) is 2.31. The largest absolute Gasteiger partial charge is 0.347 e. The maximum atomic E-state index is 12.9. The van der Waals surface area contributed by atoms with Crippen LogP contribution in [0.15, 0.2) is 29.6 Å². The minimum atomic E-state index is -0.247. The summed E-state index contributed by atoms with van der Waals surface area (Å²) >= 11 is 1.45. The van der Waals surface area contributed by atoms with E-state index in [0.29, 0.717) is 12.1 Å². The highest BCUT2D eigenvalue weighted by molar-refractivity contribution is 7.09. The van der Waals surface area contributed by atoms with Crippen molar-refractivity contribution in [2.24, 2.45) is 0 Å². The zero-order chi connectivity index (χ0) is 14.7. The van der Waals surface area contributed by atoms with Gasteiger partial charge in [0, 0.05) is 24.4 Å². The SMILES string of the molecule is Cl.Cl.O=C(NC1CCNC1)c1csc(Cc2ccc(F)cc2)n1. The summed E-state index contributed by atoms with van der Waals surface area (Å²) in [5.41, 5.74) is 1.45. The van der Waals surface area contributed by atoms with Gasteiger partial charge in [0.05, 0.1) is 5.01 Å². The molecule has 4 nitrogen and oxygen atoms in total. The van der Waals surface area contributed by atoms with Gasteiger partial charge in [-0.3, -0.25) is 4.79 Å². The number of carbonyl (C=O) groups is 1. The molecule has 1 aromatic heterocycles. The fraction of sp³-hybridized carbons (Fsp3) is 0.333. The van der Waals surface area contributed by atoms with Crippen molar-refractivity contribution >= 4 is 42.1 Å². The minimum Gasteiger partial charge on any atom is -0.347 e. The van der Waals surface area contributed by atoms with E-state index in [4.69, 9.17) is 0 Å². The van der Waals surface area contributed by atoms with Gasteiger partial charge in [0.25, 0.3) is 5.91 Å².